The second kappa shape index (κ2) is 12.9. The lowest BCUT2D eigenvalue weighted by atomic mass is 9.94. The summed E-state index contributed by atoms with van der Waals surface area (Å²) in [4.78, 5) is 11.2. The van der Waals surface area contributed by atoms with Gasteiger partial charge in [0.15, 0.2) is 0 Å². The lowest BCUT2D eigenvalue weighted by Gasteiger charge is -2.12. The molecule has 1 amide bonds. The van der Waals surface area contributed by atoms with Crippen molar-refractivity contribution in [1.82, 2.24) is 5.73 Å². The average molecular weight is 254 g/mol. The van der Waals surface area contributed by atoms with Crippen LogP contribution >= 0.6 is 0 Å². The Morgan fingerprint density at radius 1 is 0.778 bits per heavy atom. The second-order valence-corrected chi connectivity index (χ2v) is 5.47. The van der Waals surface area contributed by atoms with Crippen LogP contribution in [0.2, 0.25) is 0 Å². The van der Waals surface area contributed by atoms with E-state index in [0.29, 0.717) is 0 Å². The molecule has 2 nitrogen and oxygen atoms in total. The summed E-state index contributed by atoms with van der Waals surface area (Å²) in [5.74, 6) is -0.312. The molecule has 0 rings (SSSR count). The van der Waals surface area contributed by atoms with Gasteiger partial charge in [-0.2, -0.15) is 0 Å². The van der Waals surface area contributed by atoms with Gasteiger partial charge in [-0.15, -0.1) is 0 Å². The standard InChI is InChI=1S/C16H32NO/c1-3-5-7-9-10-12-14-15(16(17)18)13-11-8-6-4-2/h15,17H,3-14H2,1-2H3. The molecular formula is C16H32NO. The zero-order valence-electron chi connectivity index (χ0n) is 12.5. The first-order chi connectivity index (χ1) is 8.72. The highest BCUT2D eigenvalue weighted by Gasteiger charge is 2.14. The fourth-order valence-electron chi connectivity index (χ4n) is 2.40. The molecular weight excluding hydrogens is 222 g/mol. The maximum atomic E-state index is 11.2. The second-order valence-electron chi connectivity index (χ2n) is 5.47. The van der Waals surface area contributed by atoms with Crippen molar-refractivity contribution in [2.75, 3.05) is 0 Å². The molecule has 0 spiro atoms. The number of rotatable bonds is 13. The first kappa shape index (κ1) is 17.5. The van der Waals surface area contributed by atoms with Crippen molar-refractivity contribution in [1.29, 1.82) is 0 Å². The molecule has 0 aliphatic carbocycles. The number of unbranched alkanes of at least 4 members (excludes halogenated alkanes) is 8. The van der Waals surface area contributed by atoms with Gasteiger partial charge >= 0.3 is 0 Å². The van der Waals surface area contributed by atoms with Gasteiger partial charge in [0.2, 0.25) is 5.91 Å². The van der Waals surface area contributed by atoms with E-state index in [2.05, 4.69) is 13.8 Å². The van der Waals surface area contributed by atoms with E-state index in [1.54, 1.807) is 0 Å². The van der Waals surface area contributed by atoms with Gasteiger partial charge < -0.3 is 0 Å². The molecule has 0 aromatic rings. The van der Waals surface area contributed by atoms with Crippen molar-refractivity contribution >= 4 is 5.91 Å². The molecule has 0 saturated heterocycles. The van der Waals surface area contributed by atoms with Crippen molar-refractivity contribution in [2.24, 2.45) is 5.92 Å². The molecule has 1 radical (unpaired) electrons. The highest BCUT2D eigenvalue weighted by Crippen LogP contribution is 2.18. The molecule has 1 unspecified atom stereocenters. The van der Waals surface area contributed by atoms with Crippen LogP contribution in [0, 0.1) is 5.92 Å². The molecule has 2 heteroatoms. The molecule has 0 heterocycles. The fraction of sp³-hybridized carbons (Fsp3) is 0.938. The van der Waals surface area contributed by atoms with Crippen molar-refractivity contribution in [3.63, 3.8) is 0 Å². The number of hydrogen-bond acceptors (Lipinski definition) is 1. The molecule has 1 N–H and O–H groups in total. The smallest absolute Gasteiger partial charge is 0.241 e. The fourth-order valence-corrected chi connectivity index (χ4v) is 2.40. The Morgan fingerprint density at radius 2 is 1.17 bits per heavy atom. The van der Waals surface area contributed by atoms with Crippen LogP contribution < -0.4 is 5.73 Å². The first-order valence-corrected chi connectivity index (χ1v) is 7.97. The Labute approximate surface area is 114 Å². The molecule has 18 heavy (non-hydrogen) atoms. The predicted octanol–water partition coefficient (Wildman–Crippen LogP) is 5.13. The molecule has 0 bridgehead atoms. The van der Waals surface area contributed by atoms with Gasteiger partial charge in [-0.05, 0) is 12.8 Å². The summed E-state index contributed by atoms with van der Waals surface area (Å²) in [6.07, 6.45) is 14.3. The van der Waals surface area contributed by atoms with Crippen molar-refractivity contribution in [3.05, 3.63) is 0 Å². The third-order valence-electron chi connectivity index (χ3n) is 3.68. The summed E-state index contributed by atoms with van der Waals surface area (Å²) in [5, 5.41) is 0. The monoisotopic (exact) mass is 254 g/mol. The number of nitrogens with one attached hydrogen (secondary N) is 1. The third-order valence-corrected chi connectivity index (χ3v) is 3.68. The summed E-state index contributed by atoms with van der Waals surface area (Å²) in [6.45, 7) is 4.43. The van der Waals surface area contributed by atoms with Crippen LogP contribution in [0.4, 0.5) is 0 Å². The Balaban J connectivity index is 3.54. The van der Waals surface area contributed by atoms with Crippen LogP contribution in [0.25, 0.3) is 0 Å². The number of carbonyl (C=O) groups is 1. The Hall–Kier alpha value is -0.530. The van der Waals surface area contributed by atoms with E-state index in [1.807, 2.05) is 0 Å². The molecule has 0 fully saturated rings. The van der Waals surface area contributed by atoms with Gasteiger partial charge in [0.25, 0.3) is 0 Å². The minimum absolute atomic E-state index is 0.0213. The van der Waals surface area contributed by atoms with E-state index in [9.17, 15) is 4.79 Å². The molecule has 0 aliphatic heterocycles. The van der Waals surface area contributed by atoms with Crippen LogP contribution in [0.3, 0.4) is 0 Å². The Morgan fingerprint density at radius 3 is 1.61 bits per heavy atom. The van der Waals surface area contributed by atoms with E-state index >= 15 is 0 Å². The summed E-state index contributed by atoms with van der Waals surface area (Å²) in [5.41, 5.74) is 7.32. The van der Waals surface area contributed by atoms with Crippen molar-refractivity contribution in [2.45, 2.75) is 90.9 Å². The van der Waals surface area contributed by atoms with Crippen LogP contribution in [0.5, 0.6) is 0 Å². The SMILES string of the molecule is CCCCCCCCC(CCCCCC)C([NH])=O. The summed E-state index contributed by atoms with van der Waals surface area (Å²) in [6, 6.07) is 0. The lowest BCUT2D eigenvalue weighted by Crippen LogP contribution is -2.15. The summed E-state index contributed by atoms with van der Waals surface area (Å²) >= 11 is 0. The van der Waals surface area contributed by atoms with Crippen molar-refractivity contribution < 1.29 is 4.79 Å². The van der Waals surface area contributed by atoms with E-state index in [1.165, 1.54) is 51.4 Å². The highest BCUT2D eigenvalue weighted by atomic mass is 16.1. The summed E-state index contributed by atoms with van der Waals surface area (Å²) in [7, 11) is 0. The predicted molar refractivity (Wildman–Crippen MR) is 78.3 cm³/mol. The number of amides is 1. The van der Waals surface area contributed by atoms with Crippen molar-refractivity contribution in [3.8, 4) is 0 Å². The normalized spacial score (nSPS) is 12.6. The van der Waals surface area contributed by atoms with E-state index < -0.39 is 0 Å². The zero-order chi connectivity index (χ0) is 13.6. The number of carbonyl (C=O) groups excluding carboxylic acids is 1. The molecule has 0 saturated carbocycles. The third kappa shape index (κ3) is 10.6. The highest BCUT2D eigenvalue weighted by molar-refractivity contribution is 5.75. The van der Waals surface area contributed by atoms with Gasteiger partial charge in [0.05, 0.1) is 0 Å². The lowest BCUT2D eigenvalue weighted by molar-refractivity contribution is -0.122. The Bertz CT molecular complexity index is 192. The molecule has 0 aromatic carbocycles. The molecule has 0 aliphatic rings. The van der Waals surface area contributed by atoms with E-state index in [-0.39, 0.29) is 11.8 Å². The molecule has 107 valence electrons. The van der Waals surface area contributed by atoms with Gasteiger partial charge in [0.1, 0.15) is 0 Å². The molecule has 0 aromatic heterocycles. The van der Waals surface area contributed by atoms with Gasteiger partial charge in [0, 0.05) is 5.92 Å². The van der Waals surface area contributed by atoms with Crippen LogP contribution in [-0.2, 0) is 4.79 Å². The minimum atomic E-state index is -0.333. The van der Waals surface area contributed by atoms with Gasteiger partial charge in [-0.3, -0.25) is 10.5 Å². The largest absolute Gasteiger partial charge is 0.273 e. The zero-order valence-corrected chi connectivity index (χ0v) is 12.5. The summed E-state index contributed by atoms with van der Waals surface area (Å²) < 4.78 is 0. The number of hydrogen-bond donors (Lipinski definition) is 0. The topological polar surface area (TPSA) is 40.9 Å². The van der Waals surface area contributed by atoms with Crippen LogP contribution in [0.1, 0.15) is 90.9 Å². The first-order valence-electron chi connectivity index (χ1n) is 7.97. The van der Waals surface area contributed by atoms with E-state index in [4.69, 9.17) is 5.73 Å². The van der Waals surface area contributed by atoms with Crippen LogP contribution in [0.15, 0.2) is 0 Å². The van der Waals surface area contributed by atoms with Crippen LogP contribution in [-0.4, -0.2) is 5.91 Å². The average Bonchev–Trinajstić information content (AvgIpc) is 2.35. The molecule has 1 atom stereocenters. The maximum absolute atomic E-state index is 11.2. The minimum Gasteiger partial charge on any atom is -0.273 e. The Kier molecular flexibility index (Phi) is 12.5. The maximum Gasteiger partial charge on any atom is 0.241 e. The quantitative estimate of drug-likeness (QED) is 0.420. The van der Waals surface area contributed by atoms with E-state index in [0.717, 1.165) is 25.7 Å². The van der Waals surface area contributed by atoms with Gasteiger partial charge in [-0.25, -0.2) is 0 Å². The van der Waals surface area contributed by atoms with Gasteiger partial charge in [-0.1, -0.05) is 78.1 Å².